The monoisotopic (exact) mass is 476 g/mol. The Morgan fingerprint density at radius 3 is 2.46 bits per heavy atom. The number of nitrogens with one attached hydrogen (secondary N) is 3. The number of guanidine groups is 1. The van der Waals surface area contributed by atoms with Crippen LogP contribution in [0.5, 0.6) is 5.75 Å². The van der Waals surface area contributed by atoms with Crippen molar-refractivity contribution in [1.29, 1.82) is 0 Å². The van der Waals surface area contributed by atoms with Crippen molar-refractivity contribution < 1.29 is 9.53 Å². The Balaban J connectivity index is 0.00000625. The van der Waals surface area contributed by atoms with E-state index in [1.165, 1.54) is 5.56 Å². The van der Waals surface area contributed by atoms with Gasteiger partial charge in [-0.3, -0.25) is 9.79 Å². The van der Waals surface area contributed by atoms with Gasteiger partial charge in [0.15, 0.2) is 5.96 Å². The minimum atomic E-state index is 0. The van der Waals surface area contributed by atoms with E-state index in [0.29, 0.717) is 13.0 Å². The van der Waals surface area contributed by atoms with Crippen LogP contribution in [0.4, 0.5) is 0 Å². The third-order valence-electron chi connectivity index (χ3n) is 3.84. The van der Waals surface area contributed by atoms with Crippen molar-refractivity contribution in [2.75, 3.05) is 26.7 Å². The Morgan fingerprint density at radius 2 is 1.88 bits per heavy atom. The molecule has 0 spiro atoms. The van der Waals surface area contributed by atoms with Crippen LogP contribution in [0.3, 0.4) is 0 Å². The molecule has 0 aliphatic carbocycles. The van der Waals surface area contributed by atoms with Crippen molar-refractivity contribution >= 4 is 35.8 Å². The molecule has 0 saturated heterocycles. The molecule has 0 aliphatic rings. The molecule has 26 heavy (non-hydrogen) atoms. The van der Waals surface area contributed by atoms with Crippen molar-refractivity contribution in [3.8, 4) is 5.75 Å². The summed E-state index contributed by atoms with van der Waals surface area (Å²) in [5.41, 5.74) is 1.23. The summed E-state index contributed by atoms with van der Waals surface area (Å²) in [6.45, 7) is 8.12. The fraction of sp³-hybridized carbons (Fsp3) is 0.579. The zero-order valence-electron chi connectivity index (χ0n) is 16.3. The molecule has 1 rings (SSSR count). The van der Waals surface area contributed by atoms with Crippen LogP contribution in [0.2, 0.25) is 0 Å². The number of carbonyl (C=O) groups is 1. The van der Waals surface area contributed by atoms with Gasteiger partial charge < -0.3 is 20.7 Å². The zero-order valence-corrected chi connectivity index (χ0v) is 18.6. The van der Waals surface area contributed by atoms with Gasteiger partial charge in [0.05, 0.1) is 13.7 Å². The van der Waals surface area contributed by atoms with Gasteiger partial charge in [0.2, 0.25) is 5.91 Å². The normalized spacial score (nSPS) is 11.9. The fourth-order valence-corrected chi connectivity index (χ4v) is 2.18. The number of amides is 1. The summed E-state index contributed by atoms with van der Waals surface area (Å²) >= 11 is 0. The lowest BCUT2D eigenvalue weighted by Crippen LogP contribution is -2.38. The van der Waals surface area contributed by atoms with E-state index in [2.05, 4.69) is 40.0 Å². The maximum Gasteiger partial charge on any atom is 0.222 e. The van der Waals surface area contributed by atoms with Crippen LogP contribution in [-0.2, 0) is 11.2 Å². The molecule has 0 radical (unpaired) electrons. The molecule has 7 heteroatoms. The Labute approximate surface area is 174 Å². The molecule has 1 atom stereocenters. The van der Waals surface area contributed by atoms with Crippen molar-refractivity contribution in [1.82, 2.24) is 16.0 Å². The zero-order chi connectivity index (χ0) is 18.5. The van der Waals surface area contributed by atoms with Crippen molar-refractivity contribution in [3.05, 3.63) is 29.8 Å². The number of carbonyl (C=O) groups excluding carboxylic acids is 1. The van der Waals surface area contributed by atoms with Crippen molar-refractivity contribution in [2.24, 2.45) is 4.99 Å². The van der Waals surface area contributed by atoms with Crippen LogP contribution in [0.15, 0.2) is 29.3 Å². The van der Waals surface area contributed by atoms with E-state index in [1.807, 2.05) is 26.0 Å². The maximum atomic E-state index is 11.8. The number of hydrogen-bond acceptors (Lipinski definition) is 3. The largest absolute Gasteiger partial charge is 0.497 e. The molecule has 3 N–H and O–H groups in total. The van der Waals surface area contributed by atoms with E-state index in [9.17, 15) is 4.79 Å². The van der Waals surface area contributed by atoms with E-state index >= 15 is 0 Å². The summed E-state index contributed by atoms with van der Waals surface area (Å²) in [6, 6.07) is 8.26. The standard InChI is InChI=1S/C19H32N4O2.HI/c1-5-15(3)23-18(24)12-14-22-19(20-6-2)21-13-11-16-7-9-17(25-4)10-8-16;/h7-10,15H,5-6,11-14H2,1-4H3,(H,23,24)(H2,20,21,22);1H. The van der Waals surface area contributed by atoms with Gasteiger partial charge in [-0.05, 0) is 44.4 Å². The van der Waals surface area contributed by atoms with Crippen molar-refractivity contribution in [2.45, 2.75) is 46.1 Å². The third-order valence-corrected chi connectivity index (χ3v) is 3.84. The first-order chi connectivity index (χ1) is 12.1. The highest BCUT2D eigenvalue weighted by atomic mass is 127. The van der Waals surface area contributed by atoms with Crippen LogP contribution in [0, 0.1) is 0 Å². The van der Waals surface area contributed by atoms with Gasteiger partial charge in [0, 0.05) is 25.6 Å². The first kappa shape index (κ1) is 24.5. The summed E-state index contributed by atoms with van der Waals surface area (Å²) in [5.74, 6) is 1.65. The molecule has 0 bridgehead atoms. The number of benzene rings is 1. The van der Waals surface area contributed by atoms with Crippen LogP contribution >= 0.6 is 24.0 Å². The second-order valence-electron chi connectivity index (χ2n) is 5.91. The van der Waals surface area contributed by atoms with Gasteiger partial charge in [-0.15, -0.1) is 24.0 Å². The number of nitrogens with zero attached hydrogens (tertiary/aromatic N) is 1. The summed E-state index contributed by atoms with van der Waals surface area (Å²) in [7, 11) is 1.67. The minimum absolute atomic E-state index is 0. The number of halogens is 1. The van der Waals surface area contributed by atoms with Gasteiger partial charge >= 0.3 is 0 Å². The quantitative estimate of drug-likeness (QED) is 0.276. The van der Waals surface area contributed by atoms with E-state index < -0.39 is 0 Å². The Hall–Kier alpha value is -1.51. The lowest BCUT2D eigenvalue weighted by Gasteiger charge is -2.12. The smallest absolute Gasteiger partial charge is 0.222 e. The third kappa shape index (κ3) is 10.5. The minimum Gasteiger partial charge on any atom is -0.497 e. The van der Waals surface area contributed by atoms with Crippen LogP contribution < -0.4 is 20.7 Å². The molecule has 1 unspecified atom stereocenters. The van der Waals surface area contributed by atoms with E-state index in [4.69, 9.17) is 4.74 Å². The Morgan fingerprint density at radius 1 is 1.19 bits per heavy atom. The molecule has 0 fully saturated rings. The van der Waals surface area contributed by atoms with Crippen LogP contribution in [-0.4, -0.2) is 44.7 Å². The Kier molecular flexibility index (Phi) is 13.8. The van der Waals surface area contributed by atoms with Gasteiger partial charge in [0.25, 0.3) is 0 Å². The highest BCUT2D eigenvalue weighted by Gasteiger charge is 2.05. The number of hydrogen-bond donors (Lipinski definition) is 3. The molecular formula is C19H33IN4O2. The molecule has 1 amide bonds. The maximum absolute atomic E-state index is 11.8. The lowest BCUT2D eigenvalue weighted by atomic mass is 10.1. The van der Waals surface area contributed by atoms with Crippen molar-refractivity contribution in [3.63, 3.8) is 0 Å². The molecule has 0 aliphatic heterocycles. The molecule has 0 aromatic heterocycles. The van der Waals surface area contributed by atoms with Gasteiger partial charge in [-0.2, -0.15) is 0 Å². The summed E-state index contributed by atoms with van der Waals surface area (Å²) in [6.07, 6.45) is 2.23. The number of ether oxygens (including phenoxy) is 1. The summed E-state index contributed by atoms with van der Waals surface area (Å²) in [4.78, 5) is 16.2. The van der Waals surface area contributed by atoms with E-state index in [-0.39, 0.29) is 35.9 Å². The second-order valence-corrected chi connectivity index (χ2v) is 5.91. The molecule has 1 aromatic carbocycles. The second kappa shape index (κ2) is 14.6. The topological polar surface area (TPSA) is 74.8 Å². The van der Waals surface area contributed by atoms with E-state index in [0.717, 1.165) is 37.6 Å². The highest BCUT2D eigenvalue weighted by molar-refractivity contribution is 14.0. The molecule has 0 saturated carbocycles. The van der Waals surface area contributed by atoms with Crippen LogP contribution in [0.25, 0.3) is 0 Å². The lowest BCUT2D eigenvalue weighted by molar-refractivity contribution is -0.121. The predicted octanol–water partition coefficient (Wildman–Crippen LogP) is 2.72. The number of rotatable bonds is 10. The first-order valence-electron chi connectivity index (χ1n) is 9.03. The molecule has 6 nitrogen and oxygen atoms in total. The average Bonchev–Trinajstić information content (AvgIpc) is 2.62. The average molecular weight is 476 g/mol. The molecule has 148 valence electrons. The molecule has 0 heterocycles. The predicted molar refractivity (Wildman–Crippen MR) is 119 cm³/mol. The highest BCUT2D eigenvalue weighted by Crippen LogP contribution is 2.11. The first-order valence-corrected chi connectivity index (χ1v) is 9.03. The van der Waals surface area contributed by atoms with Gasteiger partial charge in [-0.1, -0.05) is 19.1 Å². The van der Waals surface area contributed by atoms with E-state index in [1.54, 1.807) is 7.11 Å². The Bertz CT molecular complexity index is 535. The fourth-order valence-electron chi connectivity index (χ4n) is 2.18. The molecular weight excluding hydrogens is 443 g/mol. The van der Waals surface area contributed by atoms with Crippen LogP contribution in [0.1, 0.15) is 39.2 Å². The van der Waals surface area contributed by atoms with Gasteiger partial charge in [0.1, 0.15) is 5.75 Å². The summed E-state index contributed by atoms with van der Waals surface area (Å²) < 4.78 is 5.16. The summed E-state index contributed by atoms with van der Waals surface area (Å²) in [5, 5.41) is 9.45. The van der Waals surface area contributed by atoms with Gasteiger partial charge in [-0.25, -0.2) is 0 Å². The molecule has 1 aromatic rings. The SMILES string of the molecule is CCNC(=NCCC(=O)NC(C)CC)NCCc1ccc(OC)cc1.I. The number of methoxy groups -OCH3 is 1. The number of aliphatic imine (C=N–C) groups is 1.